The highest BCUT2D eigenvalue weighted by atomic mass is 32.2. The smallest absolute Gasteiger partial charge is 0.406 e. The Morgan fingerprint density at radius 2 is 1.71 bits per heavy atom. The van der Waals surface area contributed by atoms with Gasteiger partial charge in [0.2, 0.25) is 0 Å². The molecule has 0 amide bonds. The van der Waals surface area contributed by atoms with Gasteiger partial charge in [-0.1, -0.05) is 5.16 Å². The van der Waals surface area contributed by atoms with E-state index in [4.69, 9.17) is 4.52 Å². The minimum absolute atomic E-state index is 0.00710. The van der Waals surface area contributed by atoms with Crippen LogP contribution in [-0.4, -0.2) is 29.7 Å². The Labute approximate surface area is 136 Å². The number of benzene rings is 1. The fourth-order valence-corrected chi connectivity index (χ4v) is 2.51. The molecule has 0 aliphatic heterocycles. The molecule has 0 radical (unpaired) electrons. The molecule has 2 aromatic rings. The Balaban J connectivity index is 2.16. The summed E-state index contributed by atoms with van der Waals surface area (Å²) in [5.41, 5.74) is 0.344. The minimum atomic E-state index is -4.78. The maximum atomic E-state index is 12.1. The molecular formula is C14H15F3N2O4S. The van der Waals surface area contributed by atoms with E-state index in [2.05, 4.69) is 14.9 Å². The lowest BCUT2D eigenvalue weighted by atomic mass is 10.2. The molecule has 0 fully saturated rings. The molecule has 0 N–H and O–H groups in total. The van der Waals surface area contributed by atoms with Gasteiger partial charge in [-0.2, -0.15) is 4.98 Å². The van der Waals surface area contributed by atoms with E-state index in [1.807, 2.05) is 0 Å². The number of sulfone groups is 1. The van der Waals surface area contributed by atoms with Crippen LogP contribution in [0.25, 0.3) is 11.5 Å². The van der Waals surface area contributed by atoms with Gasteiger partial charge in [-0.25, -0.2) is 8.42 Å². The van der Waals surface area contributed by atoms with E-state index in [9.17, 15) is 21.6 Å². The van der Waals surface area contributed by atoms with Gasteiger partial charge in [0.1, 0.15) is 11.5 Å². The average molecular weight is 364 g/mol. The lowest BCUT2D eigenvalue weighted by molar-refractivity contribution is -0.274. The first-order chi connectivity index (χ1) is 10.9. The molecule has 0 spiro atoms. The van der Waals surface area contributed by atoms with Crippen molar-refractivity contribution in [3.8, 4) is 17.2 Å². The lowest BCUT2D eigenvalue weighted by Crippen LogP contribution is -2.29. The van der Waals surface area contributed by atoms with Crippen LogP contribution in [0, 0.1) is 0 Å². The fraction of sp³-hybridized carbons (Fsp3) is 0.429. The zero-order chi connectivity index (χ0) is 18.2. The molecule has 132 valence electrons. The van der Waals surface area contributed by atoms with E-state index in [1.165, 1.54) is 12.1 Å². The van der Waals surface area contributed by atoms with Crippen molar-refractivity contribution in [1.82, 2.24) is 10.1 Å². The van der Waals surface area contributed by atoms with Crippen LogP contribution >= 0.6 is 0 Å². The molecule has 10 heteroatoms. The van der Waals surface area contributed by atoms with Gasteiger partial charge in [-0.05, 0) is 45.0 Å². The quantitative estimate of drug-likeness (QED) is 0.827. The Morgan fingerprint density at radius 1 is 1.12 bits per heavy atom. The second-order valence-electron chi connectivity index (χ2n) is 5.96. The SMILES string of the molecule is CC(C)(C)S(=O)(=O)Cc1noc(-c2ccc(OC(F)(F)F)cc2)n1. The number of ether oxygens (including phenoxy) is 1. The summed E-state index contributed by atoms with van der Waals surface area (Å²) in [5, 5.41) is 3.60. The zero-order valence-electron chi connectivity index (χ0n) is 13.1. The predicted octanol–water partition coefficient (Wildman–Crippen LogP) is 3.35. The van der Waals surface area contributed by atoms with Crippen LogP contribution in [-0.2, 0) is 15.6 Å². The zero-order valence-corrected chi connectivity index (χ0v) is 13.9. The first-order valence-corrected chi connectivity index (χ1v) is 8.44. The molecule has 1 aromatic heterocycles. The number of nitrogens with zero attached hydrogens (tertiary/aromatic N) is 2. The van der Waals surface area contributed by atoms with Gasteiger partial charge in [0.15, 0.2) is 15.7 Å². The van der Waals surface area contributed by atoms with Crippen LogP contribution in [0.4, 0.5) is 13.2 Å². The maximum Gasteiger partial charge on any atom is 0.573 e. The first-order valence-electron chi connectivity index (χ1n) is 6.78. The maximum absolute atomic E-state index is 12.1. The molecule has 0 aliphatic carbocycles. The van der Waals surface area contributed by atoms with Gasteiger partial charge in [0.05, 0.1) is 4.75 Å². The topological polar surface area (TPSA) is 82.3 Å². The number of hydrogen-bond acceptors (Lipinski definition) is 6. The standard InChI is InChI=1S/C14H15F3N2O4S/c1-13(2,3)24(20,21)8-11-18-12(23-19-11)9-4-6-10(7-5-9)22-14(15,16)17/h4-7H,8H2,1-3H3. The van der Waals surface area contributed by atoms with Crippen molar-refractivity contribution in [3.05, 3.63) is 30.1 Å². The van der Waals surface area contributed by atoms with E-state index in [0.717, 1.165) is 12.1 Å². The molecule has 2 rings (SSSR count). The predicted molar refractivity (Wildman–Crippen MR) is 78.8 cm³/mol. The summed E-state index contributed by atoms with van der Waals surface area (Å²) in [7, 11) is -3.48. The van der Waals surface area contributed by atoms with Crippen LogP contribution < -0.4 is 4.74 Å². The largest absolute Gasteiger partial charge is 0.573 e. The van der Waals surface area contributed by atoms with Crippen LogP contribution in [0.3, 0.4) is 0 Å². The second kappa shape index (κ2) is 6.08. The van der Waals surface area contributed by atoms with Crippen molar-refractivity contribution in [2.24, 2.45) is 0 Å². The van der Waals surface area contributed by atoms with Crippen molar-refractivity contribution >= 4 is 9.84 Å². The van der Waals surface area contributed by atoms with Crippen LogP contribution in [0.1, 0.15) is 26.6 Å². The van der Waals surface area contributed by atoms with Crippen molar-refractivity contribution in [1.29, 1.82) is 0 Å². The number of hydrogen-bond donors (Lipinski definition) is 0. The van der Waals surface area contributed by atoms with Gasteiger partial charge in [-0.3, -0.25) is 0 Å². The Kier molecular flexibility index (Phi) is 4.62. The first kappa shape index (κ1) is 18.2. The van der Waals surface area contributed by atoms with E-state index in [1.54, 1.807) is 20.8 Å². The van der Waals surface area contributed by atoms with E-state index < -0.39 is 26.7 Å². The molecule has 0 saturated heterocycles. The highest BCUT2D eigenvalue weighted by Crippen LogP contribution is 2.26. The molecule has 1 heterocycles. The summed E-state index contributed by atoms with van der Waals surface area (Å²) in [6.07, 6.45) is -4.78. The van der Waals surface area contributed by atoms with E-state index in [-0.39, 0.29) is 17.5 Å². The number of rotatable bonds is 4. The van der Waals surface area contributed by atoms with Crippen LogP contribution in [0.15, 0.2) is 28.8 Å². The molecule has 6 nitrogen and oxygen atoms in total. The third-order valence-electron chi connectivity index (χ3n) is 3.06. The van der Waals surface area contributed by atoms with Crippen molar-refractivity contribution < 1.29 is 30.8 Å². The molecule has 24 heavy (non-hydrogen) atoms. The van der Waals surface area contributed by atoms with Gasteiger partial charge >= 0.3 is 6.36 Å². The Hall–Kier alpha value is -2.10. The third kappa shape index (κ3) is 4.47. The number of alkyl halides is 3. The van der Waals surface area contributed by atoms with Crippen molar-refractivity contribution in [2.75, 3.05) is 0 Å². The highest BCUT2D eigenvalue weighted by molar-refractivity contribution is 7.91. The van der Waals surface area contributed by atoms with Gasteiger partial charge in [-0.15, -0.1) is 13.2 Å². The summed E-state index contributed by atoms with van der Waals surface area (Å²) in [6, 6.07) is 4.80. The summed E-state index contributed by atoms with van der Waals surface area (Å²) in [5.74, 6) is -0.792. The third-order valence-corrected chi connectivity index (χ3v) is 5.56. The fourth-order valence-electron chi connectivity index (χ4n) is 1.62. The van der Waals surface area contributed by atoms with Gasteiger partial charge in [0.25, 0.3) is 5.89 Å². The summed E-state index contributed by atoms with van der Waals surface area (Å²) < 4.78 is 68.3. The summed E-state index contributed by atoms with van der Waals surface area (Å²) in [4.78, 5) is 3.96. The second-order valence-corrected chi connectivity index (χ2v) is 8.70. The van der Waals surface area contributed by atoms with E-state index in [0.29, 0.717) is 5.56 Å². The molecule has 0 aliphatic rings. The molecule has 0 bridgehead atoms. The number of halogens is 3. The van der Waals surface area contributed by atoms with Crippen LogP contribution in [0.2, 0.25) is 0 Å². The highest BCUT2D eigenvalue weighted by Gasteiger charge is 2.32. The minimum Gasteiger partial charge on any atom is -0.406 e. The Bertz CT molecular complexity index is 806. The molecule has 0 atom stereocenters. The summed E-state index contributed by atoms with van der Waals surface area (Å²) >= 11 is 0. The Morgan fingerprint density at radius 3 is 2.21 bits per heavy atom. The molecular weight excluding hydrogens is 349 g/mol. The van der Waals surface area contributed by atoms with Crippen molar-refractivity contribution in [3.63, 3.8) is 0 Å². The van der Waals surface area contributed by atoms with Gasteiger partial charge < -0.3 is 9.26 Å². The normalized spacial score (nSPS) is 13.1. The van der Waals surface area contributed by atoms with Crippen molar-refractivity contribution in [2.45, 2.75) is 37.6 Å². The molecule has 0 saturated carbocycles. The average Bonchev–Trinajstić information content (AvgIpc) is 2.84. The van der Waals surface area contributed by atoms with Gasteiger partial charge in [0, 0.05) is 5.56 Å². The molecule has 0 unspecified atom stereocenters. The lowest BCUT2D eigenvalue weighted by Gasteiger charge is -2.17. The molecule has 1 aromatic carbocycles. The summed E-state index contributed by atoms with van der Waals surface area (Å²) in [6.45, 7) is 4.67. The van der Waals surface area contributed by atoms with E-state index >= 15 is 0 Å². The number of aromatic nitrogens is 2. The van der Waals surface area contributed by atoms with Crippen LogP contribution in [0.5, 0.6) is 5.75 Å². The monoisotopic (exact) mass is 364 g/mol.